The lowest BCUT2D eigenvalue weighted by molar-refractivity contribution is 0.0491. The molecule has 25 heavy (non-hydrogen) atoms. The molecule has 1 saturated heterocycles. The molecule has 0 saturated carbocycles. The third-order valence-corrected chi connectivity index (χ3v) is 4.35. The van der Waals surface area contributed by atoms with E-state index in [0.717, 1.165) is 12.2 Å². The molecule has 2 aromatic heterocycles. The number of fused-ring (bicyclic) bond motifs is 1. The Morgan fingerprint density at radius 2 is 2.04 bits per heavy atom. The number of thiocarbonyl (C=S) groups is 1. The predicted molar refractivity (Wildman–Crippen MR) is 92.3 cm³/mol. The van der Waals surface area contributed by atoms with Gasteiger partial charge in [-0.1, -0.05) is 0 Å². The number of carbonyl (C=O) groups is 1. The highest BCUT2D eigenvalue weighted by Gasteiger charge is 2.29. The fraction of sp³-hybridized carbons (Fsp3) is 0.250. The lowest BCUT2D eigenvalue weighted by Crippen LogP contribution is -2.48. The number of hydrazine groups is 1. The van der Waals surface area contributed by atoms with Crippen LogP contribution in [-0.4, -0.2) is 44.4 Å². The van der Waals surface area contributed by atoms with Crippen LogP contribution in [0.5, 0.6) is 0 Å². The summed E-state index contributed by atoms with van der Waals surface area (Å²) in [7, 11) is 0. The van der Waals surface area contributed by atoms with Gasteiger partial charge in [0, 0.05) is 18.7 Å². The van der Waals surface area contributed by atoms with Crippen molar-refractivity contribution >= 4 is 34.3 Å². The molecule has 1 N–H and O–H groups in total. The topological polar surface area (TPSA) is 87.6 Å². The molecule has 0 bridgehead atoms. The second-order valence-electron chi connectivity index (χ2n) is 5.61. The van der Waals surface area contributed by atoms with E-state index in [0.29, 0.717) is 41.3 Å². The normalized spacial score (nSPS) is 14.2. The van der Waals surface area contributed by atoms with E-state index in [-0.39, 0.29) is 5.91 Å². The molecule has 0 unspecified atom stereocenters. The van der Waals surface area contributed by atoms with Crippen molar-refractivity contribution in [3.8, 4) is 0 Å². The minimum Gasteiger partial charge on any atom is -0.467 e. The average molecular weight is 357 g/mol. The van der Waals surface area contributed by atoms with Crippen LogP contribution in [0, 0.1) is 0 Å². The van der Waals surface area contributed by atoms with Gasteiger partial charge in [0.25, 0.3) is 5.91 Å². The van der Waals surface area contributed by atoms with Crippen LogP contribution >= 0.6 is 12.2 Å². The SMILES string of the molecule is O=C(c1ccc2nonc2c1)N1CCCN1C(=S)NCc1ccco1. The highest BCUT2D eigenvalue weighted by Crippen LogP contribution is 2.18. The number of benzene rings is 1. The van der Waals surface area contributed by atoms with E-state index in [9.17, 15) is 4.79 Å². The van der Waals surface area contributed by atoms with Gasteiger partial charge in [-0.15, -0.1) is 0 Å². The molecular formula is C16H15N5O3S. The maximum atomic E-state index is 12.9. The summed E-state index contributed by atoms with van der Waals surface area (Å²) in [5.74, 6) is 0.646. The number of carbonyl (C=O) groups excluding carboxylic acids is 1. The first-order valence-electron chi connectivity index (χ1n) is 7.84. The van der Waals surface area contributed by atoms with E-state index >= 15 is 0 Å². The van der Waals surface area contributed by atoms with E-state index in [4.69, 9.17) is 16.6 Å². The molecule has 3 aromatic rings. The largest absolute Gasteiger partial charge is 0.467 e. The van der Waals surface area contributed by atoms with Gasteiger partial charge >= 0.3 is 0 Å². The van der Waals surface area contributed by atoms with Crippen molar-refractivity contribution in [2.45, 2.75) is 13.0 Å². The quantitative estimate of drug-likeness (QED) is 0.712. The lowest BCUT2D eigenvalue weighted by Gasteiger charge is -2.30. The van der Waals surface area contributed by atoms with Crippen LogP contribution in [0.3, 0.4) is 0 Å². The Labute approximate surface area is 148 Å². The van der Waals surface area contributed by atoms with Gasteiger partial charge in [0.2, 0.25) is 0 Å². The molecule has 3 heterocycles. The predicted octanol–water partition coefficient (Wildman–Crippen LogP) is 1.95. The van der Waals surface area contributed by atoms with E-state index in [1.54, 1.807) is 34.5 Å². The van der Waals surface area contributed by atoms with Crippen molar-refractivity contribution in [1.82, 2.24) is 25.6 Å². The van der Waals surface area contributed by atoms with Crippen LogP contribution in [-0.2, 0) is 6.54 Å². The highest BCUT2D eigenvalue weighted by atomic mass is 32.1. The number of rotatable bonds is 3. The summed E-state index contributed by atoms with van der Waals surface area (Å²) in [5.41, 5.74) is 1.68. The first-order chi connectivity index (χ1) is 12.2. The molecule has 4 rings (SSSR count). The molecule has 1 amide bonds. The Kier molecular flexibility index (Phi) is 4.06. The van der Waals surface area contributed by atoms with Crippen LogP contribution in [0.1, 0.15) is 22.5 Å². The molecule has 1 aliphatic heterocycles. The number of amides is 1. The van der Waals surface area contributed by atoms with Crippen LogP contribution in [0.25, 0.3) is 11.0 Å². The average Bonchev–Trinajstić information content (AvgIpc) is 3.39. The zero-order valence-corrected chi connectivity index (χ0v) is 14.0. The first-order valence-corrected chi connectivity index (χ1v) is 8.25. The summed E-state index contributed by atoms with van der Waals surface area (Å²) in [4.78, 5) is 12.9. The zero-order chi connectivity index (χ0) is 17.2. The van der Waals surface area contributed by atoms with Gasteiger partial charge in [-0.05, 0) is 59.3 Å². The second kappa shape index (κ2) is 6.52. The molecule has 0 atom stereocenters. The number of nitrogens with one attached hydrogen (secondary N) is 1. The zero-order valence-electron chi connectivity index (χ0n) is 13.2. The number of hydrogen-bond acceptors (Lipinski definition) is 6. The van der Waals surface area contributed by atoms with Crippen LogP contribution in [0.2, 0.25) is 0 Å². The Morgan fingerprint density at radius 3 is 2.88 bits per heavy atom. The second-order valence-corrected chi connectivity index (χ2v) is 6.00. The summed E-state index contributed by atoms with van der Waals surface area (Å²) >= 11 is 5.44. The highest BCUT2D eigenvalue weighted by molar-refractivity contribution is 7.80. The van der Waals surface area contributed by atoms with Gasteiger partial charge in [-0.2, -0.15) is 0 Å². The van der Waals surface area contributed by atoms with Crippen LogP contribution in [0.15, 0.2) is 45.6 Å². The molecule has 128 valence electrons. The molecule has 8 nitrogen and oxygen atoms in total. The summed E-state index contributed by atoms with van der Waals surface area (Å²) < 4.78 is 9.96. The molecule has 0 spiro atoms. The van der Waals surface area contributed by atoms with Gasteiger partial charge in [0.1, 0.15) is 16.8 Å². The number of hydrogen-bond donors (Lipinski definition) is 1. The Balaban J connectivity index is 1.48. The third kappa shape index (κ3) is 3.05. The van der Waals surface area contributed by atoms with Crippen molar-refractivity contribution in [3.05, 3.63) is 47.9 Å². The Bertz CT molecular complexity index is 908. The fourth-order valence-corrected chi connectivity index (χ4v) is 3.03. The van der Waals surface area contributed by atoms with E-state index < -0.39 is 0 Å². The minimum atomic E-state index is -0.135. The Morgan fingerprint density at radius 1 is 1.20 bits per heavy atom. The van der Waals surface area contributed by atoms with Crippen molar-refractivity contribution in [1.29, 1.82) is 0 Å². The molecule has 1 aliphatic rings. The van der Waals surface area contributed by atoms with Crippen molar-refractivity contribution < 1.29 is 13.8 Å². The van der Waals surface area contributed by atoms with Gasteiger partial charge in [0.15, 0.2) is 5.11 Å². The summed E-state index contributed by atoms with van der Waals surface area (Å²) in [6.45, 7) is 1.76. The molecule has 0 aliphatic carbocycles. The molecule has 1 fully saturated rings. The summed E-state index contributed by atoms with van der Waals surface area (Å²) in [6.07, 6.45) is 2.46. The summed E-state index contributed by atoms with van der Waals surface area (Å²) in [6, 6.07) is 8.78. The van der Waals surface area contributed by atoms with E-state index in [2.05, 4.69) is 20.3 Å². The third-order valence-electron chi connectivity index (χ3n) is 3.99. The Hall–Kier alpha value is -2.94. The van der Waals surface area contributed by atoms with E-state index in [1.165, 1.54) is 0 Å². The van der Waals surface area contributed by atoms with Crippen molar-refractivity contribution in [2.75, 3.05) is 13.1 Å². The maximum absolute atomic E-state index is 12.9. The molecule has 0 radical (unpaired) electrons. The fourth-order valence-electron chi connectivity index (χ4n) is 2.77. The monoisotopic (exact) mass is 357 g/mol. The molecule has 1 aromatic carbocycles. The van der Waals surface area contributed by atoms with Gasteiger partial charge in [-0.3, -0.25) is 9.80 Å². The van der Waals surface area contributed by atoms with Crippen molar-refractivity contribution in [3.63, 3.8) is 0 Å². The minimum absolute atomic E-state index is 0.135. The smallest absolute Gasteiger partial charge is 0.272 e. The maximum Gasteiger partial charge on any atom is 0.272 e. The van der Waals surface area contributed by atoms with Gasteiger partial charge in [0.05, 0.1) is 12.8 Å². The standard InChI is InChI=1S/C16H15N5O3S/c22-15(11-4-5-13-14(9-11)19-24-18-13)20-6-2-7-21(20)16(25)17-10-12-3-1-8-23-12/h1,3-5,8-9H,2,6-7,10H2,(H,17,25). The van der Waals surface area contributed by atoms with Crippen LogP contribution < -0.4 is 5.32 Å². The number of nitrogens with zero attached hydrogens (tertiary/aromatic N) is 4. The molecule has 9 heteroatoms. The number of furan rings is 1. The van der Waals surface area contributed by atoms with Gasteiger partial charge in [-0.25, -0.2) is 9.64 Å². The summed E-state index contributed by atoms with van der Waals surface area (Å²) in [5, 5.41) is 14.6. The van der Waals surface area contributed by atoms with Gasteiger partial charge < -0.3 is 9.73 Å². The number of aromatic nitrogens is 2. The van der Waals surface area contributed by atoms with E-state index in [1.807, 2.05) is 12.1 Å². The first kappa shape index (κ1) is 15.6. The molecular weight excluding hydrogens is 342 g/mol. The van der Waals surface area contributed by atoms with Crippen LogP contribution in [0.4, 0.5) is 0 Å². The van der Waals surface area contributed by atoms with Crippen molar-refractivity contribution in [2.24, 2.45) is 0 Å². The lowest BCUT2D eigenvalue weighted by atomic mass is 10.2.